The van der Waals surface area contributed by atoms with Crippen molar-refractivity contribution in [1.82, 2.24) is 14.8 Å². The summed E-state index contributed by atoms with van der Waals surface area (Å²) in [6.45, 7) is 1.99. The number of methoxy groups -OCH3 is 1. The topological polar surface area (TPSA) is 78.3 Å². The van der Waals surface area contributed by atoms with Gasteiger partial charge in [-0.05, 0) is 68.5 Å². The van der Waals surface area contributed by atoms with Gasteiger partial charge in [0.05, 0.1) is 29.1 Å². The number of aromatic nitrogens is 3. The third-order valence-electron chi connectivity index (χ3n) is 6.76. The van der Waals surface area contributed by atoms with Crippen LogP contribution in [0.2, 0.25) is 0 Å². The molecule has 0 bridgehead atoms. The summed E-state index contributed by atoms with van der Waals surface area (Å²) in [4.78, 5) is 17.5. The standard InChI is InChI=1S/C26H26N4O3S/c1-15-24-20(16-7-9-18(10-8-16)33-17-5-3-4-6-17)14-23(31)28-25(24)30(29-15)26-27-21-12-11-19(32-2)13-22(21)34-26/h7-13,17,20H,3-6,14H2,1-2H3,(H,28,31). The van der Waals surface area contributed by atoms with E-state index in [2.05, 4.69) is 17.4 Å². The van der Waals surface area contributed by atoms with Crippen molar-refractivity contribution in [2.24, 2.45) is 0 Å². The molecule has 0 radical (unpaired) electrons. The van der Waals surface area contributed by atoms with Crippen molar-refractivity contribution in [3.8, 4) is 16.6 Å². The van der Waals surface area contributed by atoms with Gasteiger partial charge in [-0.1, -0.05) is 23.5 Å². The number of thiazole rings is 1. The normalized spacial score (nSPS) is 18.2. The summed E-state index contributed by atoms with van der Waals surface area (Å²) in [6, 6.07) is 14.0. The number of carbonyl (C=O) groups is 1. The maximum absolute atomic E-state index is 12.7. The van der Waals surface area contributed by atoms with E-state index in [0.29, 0.717) is 23.5 Å². The molecular formula is C26H26N4O3S. The molecule has 1 saturated carbocycles. The molecule has 7 nitrogen and oxygen atoms in total. The Kier molecular flexibility index (Phi) is 5.25. The molecule has 1 aliphatic heterocycles. The molecule has 2 aliphatic rings. The average molecular weight is 475 g/mol. The monoisotopic (exact) mass is 474 g/mol. The summed E-state index contributed by atoms with van der Waals surface area (Å²) in [5.74, 6) is 2.31. The SMILES string of the molecule is COc1ccc2nc(-n3nc(C)c4c3NC(=O)CC4c3ccc(OC4CCCC4)cc3)sc2c1. The highest BCUT2D eigenvalue weighted by atomic mass is 32.1. The highest BCUT2D eigenvalue weighted by molar-refractivity contribution is 7.20. The van der Waals surface area contributed by atoms with Gasteiger partial charge in [-0.2, -0.15) is 9.78 Å². The molecule has 6 rings (SSSR count). The second kappa shape index (κ2) is 8.43. The van der Waals surface area contributed by atoms with Crippen molar-refractivity contribution in [1.29, 1.82) is 0 Å². The van der Waals surface area contributed by atoms with Crippen LogP contribution in [0.25, 0.3) is 15.3 Å². The van der Waals surface area contributed by atoms with E-state index in [0.717, 1.165) is 51.4 Å². The fourth-order valence-corrected chi connectivity index (χ4v) is 6.01. The number of anilines is 1. The first kappa shape index (κ1) is 21.2. The fourth-order valence-electron chi connectivity index (χ4n) is 5.06. The molecule has 1 unspecified atom stereocenters. The molecule has 1 atom stereocenters. The highest BCUT2D eigenvalue weighted by Crippen LogP contribution is 2.41. The van der Waals surface area contributed by atoms with Crippen molar-refractivity contribution < 1.29 is 14.3 Å². The second-order valence-corrected chi connectivity index (χ2v) is 10.00. The summed E-state index contributed by atoms with van der Waals surface area (Å²) < 4.78 is 14.2. The van der Waals surface area contributed by atoms with Crippen molar-refractivity contribution in [3.05, 3.63) is 59.3 Å². The number of nitrogens with zero attached hydrogens (tertiary/aromatic N) is 3. The van der Waals surface area contributed by atoms with Crippen LogP contribution in [0.1, 0.15) is 54.8 Å². The van der Waals surface area contributed by atoms with E-state index in [1.165, 1.54) is 24.2 Å². The number of benzene rings is 2. The van der Waals surface area contributed by atoms with Gasteiger partial charge in [-0.25, -0.2) is 4.98 Å². The molecule has 0 spiro atoms. The van der Waals surface area contributed by atoms with Crippen molar-refractivity contribution in [2.75, 3.05) is 12.4 Å². The maximum Gasteiger partial charge on any atom is 0.226 e. The van der Waals surface area contributed by atoms with Crippen LogP contribution < -0.4 is 14.8 Å². The molecule has 0 saturated heterocycles. The second-order valence-electron chi connectivity index (χ2n) is 8.99. The van der Waals surface area contributed by atoms with E-state index in [4.69, 9.17) is 19.6 Å². The Balaban J connectivity index is 1.35. The van der Waals surface area contributed by atoms with E-state index >= 15 is 0 Å². The molecule has 2 aromatic heterocycles. The van der Waals surface area contributed by atoms with Gasteiger partial charge in [-0.3, -0.25) is 4.79 Å². The van der Waals surface area contributed by atoms with Crippen LogP contribution in [0.15, 0.2) is 42.5 Å². The molecule has 1 fully saturated rings. The van der Waals surface area contributed by atoms with Crippen LogP contribution in [-0.4, -0.2) is 33.9 Å². The summed E-state index contributed by atoms with van der Waals surface area (Å²) in [5, 5.41) is 8.56. The summed E-state index contributed by atoms with van der Waals surface area (Å²) in [7, 11) is 1.65. The van der Waals surface area contributed by atoms with Gasteiger partial charge in [-0.15, -0.1) is 0 Å². The van der Waals surface area contributed by atoms with Gasteiger partial charge in [0, 0.05) is 17.9 Å². The number of ether oxygens (including phenoxy) is 2. The van der Waals surface area contributed by atoms with Gasteiger partial charge in [0.1, 0.15) is 17.3 Å². The number of hydrogen-bond donors (Lipinski definition) is 1. The van der Waals surface area contributed by atoms with Gasteiger partial charge < -0.3 is 14.8 Å². The molecule has 1 amide bonds. The minimum absolute atomic E-state index is 0.0206. The minimum atomic E-state index is -0.0625. The van der Waals surface area contributed by atoms with Crippen LogP contribution in [0.4, 0.5) is 5.82 Å². The zero-order valence-corrected chi connectivity index (χ0v) is 20.0. The Morgan fingerprint density at radius 2 is 1.85 bits per heavy atom. The molecule has 4 aromatic rings. The Bertz CT molecular complexity index is 1370. The Labute approximate surface area is 201 Å². The first-order valence-electron chi connectivity index (χ1n) is 11.7. The van der Waals surface area contributed by atoms with E-state index in [9.17, 15) is 4.79 Å². The van der Waals surface area contributed by atoms with E-state index in [1.807, 2.05) is 37.3 Å². The van der Waals surface area contributed by atoms with Crippen molar-refractivity contribution in [2.45, 2.75) is 51.0 Å². The molecule has 1 N–H and O–H groups in total. The van der Waals surface area contributed by atoms with Gasteiger partial charge in [0.2, 0.25) is 11.0 Å². The molecule has 1 aliphatic carbocycles. The number of hydrogen-bond acceptors (Lipinski definition) is 6. The highest BCUT2D eigenvalue weighted by Gasteiger charge is 2.33. The lowest BCUT2D eigenvalue weighted by molar-refractivity contribution is -0.116. The third-order valence-corrected chi connectivity index (χ3v) is 7.75. The maximum atomic E-state index is 12.7. The van der Waals surface area contributed by atoms with E-state index in [1.54, 1.807) is 11.8 Å². The molecule has 3 heterocycles. The van der Waals surface area contributed by atoms with E-state index in [-0.39, 0.29) is 11.8 Å². The minimum Gasteiger partial charge on any atom is -0.497 e. The van der Waals surface area contributed by atoms with Crippen molar-refractivity contribution >= 4 is 33.3 Å². The van der Waals surface area contributed by atoms with Crippen LogP contribution in [0.3, 0.4) is 0 Å². The zero-order valence-electron chi connectivity index (χ0n) is 19.2. The smallest absolute Gasteiger partial charge is 0.226 e. The van der Waals surface area contributed by atoms with Gasteiger partial charge in [0.25, 0.3) is 0 Å². The van der Waals surface area contributed by atoms with Gasteiger partial charge >= 0.3 is 0 Å². The summed E-state index contributed by atoms with van der Waals surface area (Å²) in [6.07, 6.45) is 5.46. The van der Waals surface area contributed by atoms with Crippen LogP contribution in [0.5, 0.6) is 11.5 Å². The first-order valence-corrected chi connectivity index (χ1v) is 12.5. The lowest BCUT2D eigenvalue weighted by Gasteiger charge is -2.24. The van der Waals surface area contributed by atoms with E-state index < -0.39 is 0 Å². The molecule has 8 heteroatoms. The van der Waals surface area contributed by atoms with Crippen LogP contribution in [-0.2, 0) is 4.79 Å². The number of rotatable bonds is 5. The van der Waals surface area contributed by atoms with Crippen LogP contribution in [0, 0.1) is 6.92 Å². The number of fused-ring (bicyclic) bond motifs is 2. The zero-order chi connectivity index (χ0) is 23.2. The summed E-state index contributed by atoms with van der Waals surface area (Å²) >= 11 is 1.52. The molecule has 2 aromatic carbocycles. The molecule has 174 valence electrons. The molecule has 34 heavy (non-hydrogen) atoms. The number of nitrogens with one attached hydrogen (secondary N) is 1. The Morgan fingerprint density at radius 1 is 1.09 bits per heavy atom. The van der Waals surface area contributed by atoms with Crippen molar-refractivity contribution in [3.63, 3.8) is 0 Å². The van der Waals surface area contributed by atoms with Crippen LogP contribution >= 0.6 is 11.3 Å². The summed E-state index contributed by atoms with van der Waals surface area (Å²) in [5.41, 5.74) is 3.90. The Morgan fingerprint density at radius 3 is 2.62 bits per heavy atom. The fraction of sp³-hybridized carbons (Fsp3) is 0.346. The first-order chi connectivity index (χ1) is 16.6. The largest absolute Gasteiger partial charge is 0.497 e. The lowest BCUT2D eigenvalue weighted by atomic mass is 9.86. The quantitative estimate of drug-likeness (QED) is 0.408. The van der Waals surface area contributed by atoms with Gasteiger partial charge in [0.15, 0.2) is 0 Å². The number of amides is 1. The predicted molar refractivity (Wildman–Crippen MR) is 132 cm³/mol. The number of carbonyl (C=O) groups excluding carboxylic acids is 1. The predicted octanol–water partition coefficient (Wildman–Crippen LogP) is 5.59. The Hall–Kier alpha value is -3.39. The molecular weight excluding hydrogens is 448 g/mol. The third kappa shape index (κ3) is 3.72. The lowest BCUT2D eigenvalue weighted by Crippen LogP contribution is -2.24. The average Bonchev–Trinajstić information content (AvgIpc) is 3.57. The number of aryl methyl sites for hydroxylation is 1.